The lowest BCUT2D eigenvalue weighted by Gasteiger charge is -2.09. The van der Waals surface area contributed by atoms with Crippen LogP contribution < -0.4 is 15.4 Å². The number of amides is 2. The molecule has 0 heterocycles. The van der Waals surface area contributed by atoms with Crippen LogP contribution in [-0.2, 0) is 19.2 Å². The maximum Gasteiger partial charge on any atom is 0.291 e. The van der Waals surface area contributed by atoms with Crippen LogP contribution in [0.4, 0.5) is 11.4 Å². The standard InChI is InChI=1S/C20H20N2O5/c1-3-17(23)19(25)21-13-5-9-15(10-6-13)27-16-11-7-14(8-12-16)22-20(26)18(24)4-2/h5-12H,3-4H2,1-2H3,(H,21,25)(H,22,26). The molecule has 2 rings (SSSR count). The summed E-state index contributed by atoms with van der Waals surface area (Å²) in [6, 6.07) is 13.1. The molecular formula is C20H20N2O5. The van der Waals surface area contributed by atoms with E-state index in [1.165, 1.54) is 0 Å². The first-order valence-electron chi connectivity index (χ1n) is 8.49. The molecule has 0 unspecified atom stereocenters. The second kappa shape index (κ2) is 9.28. The highest BCUT2D eigenvalue weighted by atomic mass is 16.5. The first kappa shape index (κ1) is 19.8. The van der Waals surface area contributed by atoms with Gasteiger partial charge < -0.3 is 15.4 Å². The molecule has 0 bridgehead atoms. The van der Waals surface area contributed by atoms with Crippen molar-refractivity contribution in [1.29, 1.82) is 0 Å². The van der Waals surface area contributed by atoms with Crippen molar-refractivity contribution in [3.8, 4) is 11.5 Å². The maximum absolute atomic E-state index is 11.5. The Morgan fingerprint density at radius 2 is 1.00 bits per heavy atom. The van der Waals surface area contributed by atoms with Crippen LogP contribution in [0, 0.1) is 0 Å². The number of ketones is 2. The van der Waals surface area contributed by atoms with Crippen LogP contribution in [-0.4, -0.2) is 23.4 Å². The minimum Gasteiger partial charge on any atom is -0.457 e. The lowest BCUT2D eigenvalue weighted by molar-refractivity contribution is -0.134. The molecular weight excluding hydrogens is 348 g/mol. The van der Waals surface area contributed by atoms with Crippen molar-refractivity contribution < 1.29 is 23.9 Å². The Morgan fingerprint density at radius 3 is 1.30 bits per heavy atom. The van der Waals surface area contributed by atoms with E-state index in [0.717, 1.165) is 0 Å². The van der Waals surface area contributed by atoms with Crippen molar-refractivity contribution in [3.05, 3.63) is 48.5 Å². The summed E-state index contributed by atoms with van der Waals surface area (Å²) in [5, 5.41) is 5.02. The summed E-state index contributed by atoms with van der Waals surface area (Å²) >= 11 is 0. The Kier molecular flexibility index (Phi) is 6.82. The molecule has 0 radical (unpaired) electrons. The molecule has 0 aliphatic rings. The lowest BCUT2D eigenvalue weighted by Crippen LogP contribution is -2.21. The normalized spacial score (nSPS) is 10.0. The van der Waals surface area contributed by atoms with Gasteiger partial charge in [-0.2, -0.15) is 0 Å². The van der Waals surface area contributed by atoms with Gasteiger partial charge in [-0.1, -0.05) is 13.8 Å². The van der Waals surface area contributed by atoms with Crippen molar-refractivity contribution >= 4 is 34.8 Å². The second-order valence-electron chi connectivity index (χ2n) is 5.61. The molecule has 0 aliphatic carbocycles. The van der Waals surface area contributed by atoms with Gasteiger partial charge in [0, 0.05) is 24.2 Å². The number of hydrogen-bond acceptors (Lipinski definition) is 5. The minimum absolute atomic E-state index is 0.149. The molecule has 0 spiro atoms. The molecule has 2 aromatic carbocycles. The fraction of sp³-hybridized carbons (Fsp3) is 0.200. The van der Waals surface area contributed by atoms with Crippen LogP contribution in [0.1, 0.15) is 26.7 Å². The lowest BCUT2D eigenvalue weighted by atomic mass is 10.2. The van der Waals surface area contributed by atoms with Crippen molar-refractivity contribution in [2.45, 2.75) is 26.7 Å². The summed E-state index contributed by atoms with van der Waals surface area (Å²) < 4.78 is 5.68. The third kappa shape index (κ3) is 5.78. The maximum atomic E-state index is 11.5. The predicted octanol–water partition coefficient (Wildman–Crippen LogP) is 3.31. The highest BCUT2D eigenvalue weighted by Crippen LogP contribution is 2.24. The van der Waals surface area contributed by atoms with Crippen LogP contribution in [0.25, 0.3) is 0 Å². The van der Waals surface area contributed by atoms with Crippen LogP contribution in [0.3, 0.4) is 0 Å². The smallest absolute Gasteiger partial charge is 0.291 e. The number of carbonyl (C=O) groups is 4. The molecule has 0 fully saturated rings. The van der Waals surface area contributed by atoms with Gasteiger partial charge in [-0.3, -0.25) is 19.2 Å². The summed E-state index contributed by atoms with van der Waals surface area (Å²) in [5.74, 6) is -1.19. The summed E-state index contributed by atoms with van der Waals surface area (Å²) in [6.07, 6.45) is 0.298. The van der Waals surface area contributed by atoms with E-state index in [1.807, 2.05) is 0 Å². The first-order valence-corrected chi connectivity index (χ1v) is 8.49. The third-order valence-corrected chi connectivity index (χ3v) is 3.61. The van der Waals surface area contributed by atoms with E-state index >= 15 is 0 Å². The van der Waals surface area contributed by atoms with Gasteiger partial charge in [-0.05, 0) is 48.5 Å². The van der Waals surface area contributed by atoms with E-state index in [-0.39, 0.29) is 12.8 Å². The van der Waals surface area contributed by atoms with Crippen molar-refractivity contribution in [2.24, 2.45) is 0 Å². The predicted molar refractivity (Wildman–Crippen MR) is 101 cm³/mol. The largest absolute Gasteiger partial charge is 0.457 e. The van der Waals surface area contributed by atoms with E-state index < -0.39 is 23.4 Å². The molecule has 7 nitrogen and oxygen atoms in total. The zero-order valence-electron chi connectivity index (χ0n) is 15.1. The van der Waals surface area contributed by atoms with Gasteiger partial charge in [-0.15, -0.1) is 0 Å². The van der Waals surface area contributed by atoms with Gasteiger partial charge in [-0.25, -0.2) is 0 Å². The highest BCUT2D eigenvalue weighted by Gasteiger charge is 2.12. The van der Waals surface area contributed by atoms with Crippen LogP contribution in [0.5, 0.6) is 11.5 Å². The number of benzene rings is 2. The average Bonchev–Trinajstić information content (AvgIpc) is 2.69. The van der Waals surface area contributed by atoms with Crippen molar-refractivity contribution in [3.63, 3.8) is 0 Å². The average molecular weight is 368 g/mol. The molecule has 0 aromatic heterocycles. The Morgan fingerprint density at radius 1 is 0.667 bits per heavy atom. The fourth-order valence-corrected chi connectivity index (χ4v) is 2.07. The zero-order chi connectivity index (χ0) is 19.8. The van der Waals surface area contributed by atoms with E-state index in [9.17, 15) is 19.2 Å². The van der Waals surface area contributed by atoms with Gasteiger partial charge in [0.25, 0.3) is 11.8 Å². The van der Waals surface area contributed by atoms with Crippen molar-refractivity contribution in [1.82, 2.24) is 0 Å². The summed E-state index contributed by atoms with van der Waals surface area (Å²) in [7, 11) is 0. The number of rotatable bonds is 8. The van der Waals surface area contributed by atoms with Crippen molar-refractivity contribution in [2.75, 3.05) is 10.6 Å². The van der Waals surface area contributed by atoms with E-state index in [4.69, 9.17) is 4.74 Å². The number of Topliss-reactive ketones (excluding diaryl/α,β-unsaturated/α-hetero) is 2. The topological polar surface area (TPSA) is 102 Å². The number of ether oxygens (including phenoxy) is 1. The van der Waals surface area contributed by atoms with E-state index in [1.54, 1.807) is 62.4 Å². The SMILES string of the molecule is CCC(=O)C(=O)Nc1ccc(Oc2ccc(NC(=O)C(=O)CC)cc2)cc1. The summed E-state index contributed by atoms with van der Waals surface area (Å²) in [5.41, 5.74) is 0.987. The quantitative estimate of drug-likeness (QED) is 0.696. The monoisotopic (exact) mass is 368 g/mol. The molecule has 0 aliphatic heterocycles. The van der Waals surface area contributed by atoms with Gasteiger partial charge in [0.05, 0.1) is 0 Å². The first-order chi connectivity index (χ1) is 12.9. The molecule has 0 atom stereocenters. The van der Waals surface area contributed by atoms with Crippen LogP contribution in [0.2, 0.25) is 0 Å². The molecule has 2 aromatic rings. The number of nitrogens with one attached hydrogen (secondary N) is 2. The molecule has 0 saturated heterocycles. The van der Waals surface area contributed by atoms with E-state index in [0.29, 0.717) is 22.9 Å². The molecule has 2 amide bonds. The van der Waals surface area contributed by atoms with Crippen LogP contribution >= 0.6 is 0 Å². The number of hydrogen-bond donors (Lipinski definition) is 2. The summed E-state index contributed by atoms with van der Waals surface area (Å²) in [6.45, 7) is 3.24. The fourth-order valence-electron chi connectivity index (χ4n) is 2.07. The third-order valence-electron chi connectivity index (χ3n) is 3.61. The highest BCUT2D eigenvalue weighted by molar-refractivity contribution is 6.41. The second-order valence-corrected chi connectivity index (χ2v) is 5.61. The molecule has 140 valence electrons. The number of anilines is 2. The summed E-state index contributed by atoms with van der Waals surface area (Å²) in [4.78, 5) is 45.7. The zero-order valence-corrected chi connectivity index (χ0v) is 15.1. The van der Waals surface area contributed by atoms with Gasteiger partial charge >= 0.3 is 0 Å². The van der Waals surface area contributed by atoms with Gasteiger partial charge in [0.15, 0.2) is 0 Å². The van der Waals surface area contributed by atoms with Crippen LogP contribution in [0.15, 0.2) is 48.5 Å². The molecule has 0 saturated carbocycles. The Balaban J connectivity index is 1.95. The Labute approximate surface area is 156 Å². The molecule has 27 heavy (non-hydrogen) atoms. The molecule has 7 heteroatoms. The minimum atomic E-state index is -0.648. The Hall–Kier alpha value is -3.48. The number of carbonyl (C=O) groups excluding carboxylic acids is 4. The molecule has 2 N–H and O–H groups in total. The Bertz CT molecular complexity index is 770. The van der Waals surface area contributed by atoms with Gasteiger partial charge in [0.1, 0.15) is 11.5 Å². The van der Waals surface area contributed by atoms with Gasteiger partial charge in [0.2, 0.25) is 11.6 Å². The van der Waals surface area contributed by atoms with E-state index in [2.05, 4.69) is 10.6 Å².